The second kappa shape index (κ2) is 7.77. The highest BCUT2D eigenvalue weighted by atomic mass is 16.9. The number of rotatable bonds is 7. The molecular formula is C17H15NO6. The van der Waals surface area contributed by atoms with Crippen LogP contribution in [0.15, 0.2) is 49.0 Å². The number of carbonyl (C=O) groups excluding carboxylic acids is 1. The molecule has 0 bridgehead atoms. The van der Waals surface area contributed by atoms with Crippen LogP contribution >= 0.6 is 0 Å². The molecule has 0 aliphatic heterocycles. The summed E-state index contributed by atoms with van der Waals surface area (Å²) < 4.78 is 5.27. The summed E-state index contributed by atoms with van der Waals surface area (Å²) in [6.07, 6.45) is 1.46. The van der Waals surface area contributed by atoms with Crippen molar-refractivity contribution in [1.82, 2.24) is 0 Å². The van der Waals surface area contributed by atoms with Crippen molar-refractivity contribution in [2.45, 2.75) is 13.0 Å². The molecule has 0 atom stereocenters. The van der Waals surface area contributed by atoms with Gasteiger partial charge in [-0.2, -0.15) is 0 Å². The van der Waals surface area contributed by atoms with Gasteiger partial charge in [-0.25, -0.2) is 0 Å². The van der Waals surface area contributed by atoms with Crippen LogP contribution in [0.2, 0.25) is 0 Å². The number of benzene rings is 2. The molecule has 0 saturated carbocycles. The SMILES string of the molecule is C=Cc1cc(O)ccc1OC(=O)Cc1cccc(CO[N+](=O)[O-])c1. The molecule has 0 saturated heterocycles. The van der Waals surface area contributed by atoms with Crippen molar-refractivity contribution in [2.75, 3.05) is 0 Å². The molecule has 2 aromatic carbocycles. The summed E-state index contributed by atoms with van der Waals surface area (Å²) in [5.41, 5.74) is 1.72. The van der Waals surface area contributed by atoms with Crippen molar-refractivity contribution in [1.29, 1.82) is 0 Å². The first-order chi connectivity index (χ1) is 11.5. The highest BCUT2D eigenvalue weighted by Gasteiger charge is 2.10. The lowest BCUT2D eigenvalue weighted by atomic mass is 10.1. The van der Waals surface area contributed by atoms with Crippen molar-refractivity contribution in [2.24, 2.45) is 0 Å². The van der Waals surface area contributed by atoms with Crippen LogP contribution in [-0.4, -0.2) is 16.2 Å². The van der Waals surface area contributed by atoms with Gasteiger partial charge in [0.05, 0.1) is 6.42 Å². The lowest BCUT2D eigenvalue weighted by molar-refractivity contribution is -0.763. The average Bonchev–Trinajstić information content (AvgIpc) is 2.55. The third kappa shape index (κ3) is 4.84. The Bertz CT molecular complexity index is 771. The molecule has 7 heteroatoms. The molecular weight excluding hydrogens is 314 g/mol. The van der Waals surface area contributed by atoms with Gasteiger partial charge in [-0.1, -0.05) is 36.9 Å². The molecule has 0 spiro atoms. The number of phenols is 1. The van der Waals surface area contributed by atoms with Crippen LogP contribution in [0.25, 0.3) is 6.08 Å². The van der Waals surface area contributed by atoms with Gasteiger partial charge >= 0.3 is 5.97 Å². The minimum Gasteiger partial charge on any atom is -0.508 e. The van der Waals surface area contributed by atoms with Crippen LogP contribution in [0.4, 0.5) is 0 Å². The van der Waals surface area contributed by atoms with Gasteiger partial charge in [-0.3, -0.25) is 4.79 Å². The normalized spacial score (nSPS) is 10.0. The molecule has 2 rings (SSSR count). The summed E-state index contributed by atoms with van der Waals surface area (Å²) in [6.45, 7) is 3.41. The number of hydrogen-bond donors (Lipinski definition) is 1. The number of carbonyl (C=O) groups is 1. The summed E-state index contributed by atoms with van der Waals surface area (Å²) >= 11 is 0. The Morgan fingerprint density at radius 3 is 2.71 bits per heavy atom. The standard InChI is InChI=1S/C17H15NO6/c1-2-14-10-15(19)6-7-16(14)24-17(20)9-12-4-3-5-13(8-12)11-23-18(21)22/h2-8,10,19H,1,9,11H2. The number of phenolic OH excluding ortho intramolecular Hbond substituents is 1. The Kier molecular flexibility index (Phi) is 5.51. The topological polar surface area (TPSA) is 98.9 Å². The lowest BCUT2D eigenvalue weighted by Gasteiger charge is -2.09. The number of esters is 1. The predicted molar refractivity (Wildman–Crippen MR) is 85.8 cm³/mol. The molecule has 0 fully saturated rings. The second-order valence-electron chi connectivity index (χ2n) is 4.89. The molecule has 0 radical (unpaired) electrons. The monoisotopic (exact) mass is 329 g/mol. The van der Waals surface area contributed by atoms with Gasteiger partial charge in [0.2, 0.25) is 0 Å². The summed E-state index contributed by atoms with van der Waals surface area (Å²) in [4.78, 5) is 26.6. The Morgan fingerprint density at radius 1 is 1.25 bits per heavy atom. The van der Waals surface area contributed by atoms with Crippen molar-refractivity contribution in [3.8, 4) is 11.5 Å². The van der Waals surface area contributed by atoms with E-state index in [0.717, 1.165) is 0 Å². The highest BCUT2D eigenvalue weighted by Crippen LogP contribution is 2.24. The molecule has 24 heavy (non-hydrogen) atoms. The molecule has 1 N–H and O–H groups in total. The summed E-state index contributed by atoms with van der Waals surface area (Å²) in [5, 5.41) is 18.7. The first-order valence-corrected chi connectivity index (χ1v) is 6.99. The molecule has 124 valence electrons. The number of hydrogen-bond acceptors (Lipinski definition) is 6. The van der Waals surface area contributed by atoms with Gasteiger partial charge < -0.3 is 14.7 Å². The Morgan fingerprint density at radius 2 is 2.00 bits per heavy atom. The maximum absolute atomic E-state index is 12.1. The fourth-order valence-electron chi connectivity index (χ4n) is 2.07. The van der Waals surface area contributed by atoms with Gasteiger partial charge in [0.25, 0.3) is 5.09 Å². The zero-order valence-corrected chi connectivity index (χ0v) is 12.7. The van der Waals surface area contributed by atoms with Gasteiger partial charge in [0, 0.05) is 5.56 Å². The van der Waals surface area contributed by atoms with Crippen LogP contribution in [0.3, 0.4) is 0 Å². The van der Waals surface area contributed by atoms with Crippen molar-refractivity contribution in [3.05, 3.63) is 75.8 Å². The van der Waals surface area contributed by atoms with E-state index in [9.17, 15) is 20.0 Å². The van der Waals surface area contributed by atoms with E-state index in [0.29, 0.717) is 22.4 Å². The fraction of sp³-hybridized carbons (Fsp3) is 0.118. The van der Waals surface area contributed by atoms with Gasteiger partial charge in [0.15, 0.2) is 0 Å². The van der Waals surface area contributed by atoms with E-state index in [1.807, 2.05) is 0 Å². The predicted octanol–water partition coefficient (Wildman–Crippen LogP) is 2.89. The van der Waals surface area contributed by atoms with E-state index in [-0.39, 0.29) is 18.8 Å². The van der Waals surface area contributed by atoms with Crippen molar-refractivity contribution in [3.63, 3.8) is 0 Å². The molecule has 7 nitrogen and oxygen atoms in total. The van der Waals surface area contributed by atoms with Crippen LogP contribution in [0.5, 0.6) is 11.5 Å². The van der Waals surface area contributed by atoms with Crippen LogP contribution in [0, 0.1) is 10.1 Å². The Balaban J connectivity index is 2.03. The van der Waals surface area contributed by atoms with Crippen molar-refractivity contribution >= 4 is 12.0 Å². The van der Waals surface area contributed by atoms with Gasteiger partial charge in [0.1, 0.15) is 18.1 Å². The number of ether oxygens (including phenoxy) is 1. The molecule has 0 heterocycles. The average molecular weight is 329 g/mol. The fourth-order valence-corrected chi connectivity index (χ4v) is 2.07. The molecule has 0 aliphatic carbocycles. The third-order valence-electron chi connectivity index (χ3n) is 3.11. The molecule has 0 aliphatic rings. The zero-order valence-electron chi connectivity index (χ0n) is 12.7. The van der Waals surface area contributed by atoms with E-state index in [2.05, 4.69) is 11.4 Å². The van der Waals surface area contributed by atoms with E-state index in [1.165, 1.54) is 24.3 Å². The summed E-state index contributed by atoms with van der Waals surface area (Å²) in [6, 6.07) is 11.0. The van der Waals surface area contributed by atoms with E-state index < -0.39 is 11.1 Å². The molecule has 0 unspecified atom stereocenters. The van der Waals surface area contributed by atoms with E-state index >= 15 is 0 Å². The molecule has 0 amide bonds. The minimum atomic E-state index is -0.872. The number of nitrogens with zero attached hydrogens (tertiary/aromatic N) is 1. The highest BCUT2D eigenvalue weighted by molar-refractivity contribution is 5.76. The largest absolute Gasteiger partial charge is 0.508 e. The number of aromatic hydroxyl groups is 1. The third-order valence-corrected chi connectivity index (χ3v) is 3.11. The van der Waals surface area contributed by atoms with Gasteiger partial charge in [-0.05, 0) is 29.3 Å². The summed E-state index contributed by atoms with van der Waals surface area (Å²) in [5.74, 6) is -0.167. The zero-order chi connectivity index (χ0) is 17.5. The summed E-state index contributed by atoms with van der Waals surface area (Å²) in [7, 11) is 0. The minimum absolute atomic E-state index is 0.0102. The Hall–Kier alpha value is -3.35. The first kappa shape index (κ1) is 17.0. The van der Waals surface area contributed by atoms with E-state index in [1.54, 1.807) is 24.3 Å². The van der Waals surface area contributed by atoms with Crippen molar-refractivity contribution < 1.29 is 24.6 Å². The van der Waals surface area contributed by atoms with Crippen LogP contribution in [0.1, 0.15) is 16.7 Å². The second-order valence-corrected chi connectivity index (χ2v) is 4.89. The first-order valence-electron chi connectivity index (χ1n) is 6.99. The van der Waals surface area contributed by atoms with Crippen LogP contribution in [-0.2, 0) is 22.7 Å². The van der Waals surface area contributed by atoms with E-state index in [4.69, 9.17) is 4.74 Å². The molecule has 0 aromatic heterocycles. The smallest absolute Gasteiger partial charge is 0.315 e. The molecule has 2 aromatic rings. The van der Waals surface area contributed by atoms with Crippen LogP contribution < -0.4 is 4.74 Å². The maximum atomic E-state index is 12.1. The lowest BCUT2D eigenvalue weighted by Crippen LogP contribution is -2.12. The van der Waals surface area contributed by atoms with Gasteiger partial charge in [-0.15, -0.1) is 10.1 Å². The maximum Gasteiger partial charge on any atom is 0.315 e. The Labute approximate surface area is 137 Å². The quantitative estimate of drug-likeness (QED) is 0.363.